The number of carbonyl (C=O) groups is 1. The van der Waals surface area contributed by atoms with Crippen LogP contribution in [0.15, 0.2) is 24.3 Å². The van der Waals surface area contributed by atoms with E-state index in [1.165, 1.54) is 5.56 Å². The molecule has 0 aliphatic heterocycles. The lowest BCUT2D eigenvalue weighted by Gasteiger charge is -2.19. The number of benzene rings is 1. The lowest BCUT2D eigenvalue weighted by atomic mass is 9.86. The third-order valence-electron chi connectivity index (χ3n) is 2.53. The quantitative estimate of drug-likeness (QED) is 0.629. The third-order valence-corrected chi connectivity index (χ3v) is 2.69. The maximum atomic E-state index is 12.0. The Morgan fingerprint density at radius 1 is 1.06 bits per heavy atom. The van der Waals surface area contributed by atoms with E-state index in [-0.39, 0.29) is 15.9 Å². The number of hydrogen-bond acceptors (Lipinski definition) is 2. The smallest absolute Gasteiger partial charge is 0.168 e. The van der Waals surface area contributed by atoms with Gasteiger partial charge in [-0.15, -0.1) is 0 Å². The molecule has 0 aliphatic carbocycles. The Labute approximate surface area is 110 Å². The number of carbonyl (C=O) groups excluding carboxylic acids is 1. The minimum absolute atomic E-state index is 0.0183. The maximum absolute atomic E-state index is 12.0. The van der Waals surface area contributed by atoms with Gasteiger partial charge in [0.1, 0.15) is 0 Å². The minimum Gasteiger partial charge on any atom is -0.294 e. The van der Waals surface area contributed by atoms with Crippen LogP contribution in [0.3, 0.4) is 0 Å². The second-order valence-corrected chi connectivity index (χ2v) is 7.48. The Balaban J connectivity index is 2.86. The number of hydrogen-bond donors (Lipinski definition) is 1. The predicted octanol–water partition coefficient (Wildman–Crippen LogP) is 4.17. The SMILES string of the molecule is CC(C)(S)Cc1ccc(C(=O)C(C)(C)C)cc1. The number of Topliss-reactive ketones (excluding diaryl/α,β-unsaturated/α-hetero) is 1. The van der Waals surface area contributed by atoms with E-state index in [0.717, 1.165) is 12.0 Å². The van der Waals surface area contributed by atoms with E-state index in [1.807, 2.05) is 45.0 Å². The molecule has 17 heavy (non-hydrogen) atoms. The molecule has 0 N–H and O–H groups in total. The summed E-state index contributed by atoms with van der Waals surface area (Å²) in [4.78, 5) is 12.0. The van der Waals surface area contributed by atoms with Crippen LogP contribution in [0.25, 0.3) is 0 Å². The zero-order valence-corrected chi connectivity index (χ0v) is 12.3. The second-order valence-electron chi connectivity index (χ2n) is 6.27. The van der Waals surface area contributed by atoms with Crippen LogP contribution in [-0.4, -0.2) is 10.5 Å². The largest absolute Gasteiger partial charge is 0.294 e. The van der Waals surface area contributed by atoms with Crippen molar-refractivity contribution in [2.75, 3.05) is 0 Å². The summed E-state index contributed by atoms with van der Waals surface area (Å²) in [5, 5.41) is 0. The molecule has 0 radical (unpaired) electrons. The predicted molar refractivity (Wildman–Crippen MR) is 77.0 cm³/mol. The molecule has 1 aromatic carbocycles. The molecule has 0 aliphatic rings. The molecular weight excluding hydrogens is 228 g/mol. The zero-order chi connectivity index (χ0) is 13.3. The summed E-state index contributed by atoms with van der Waals surface area (Å²) in [6, 6.07) is 7.89. The minimum atomic E-state index is -0.315. The van der Waals surface area contributed by atoms with Crippen molar-refractivity contribution in [2.45, 2.75) is 45.8 Å². The van der Waals surface area contributed by atoms with Gasteiger partial charge in [0.05, 0.1) is 0 Å². The maximum Gasteiger partial charge on any atom is 0.168 e. The molecule has 0 heterocycles. The van der Waals surface area contributed by atoms with Crippen LogP contribution < -0.4 is 0 Å². The van der Waals surface area contributed by atoms with Gasteiger partial charge in [-0.25, -0.2) is 0 Å². The molecule has 94 valence electrons. The second kappa shape index (κ2) is 4.85. The van der Waals surface area contributed by atoms with E-state index in [9.17, 15) is 4.79 Å². The Kier molecular flexibility index (Phi) is 4.08. The molecule has 1 aromatic rings. The van der Waals surface area contributed by atoms with E-state index in [1.54, 1.807) is 0 Å². The summed E-state index contributed by atoms with van der Waals surface area (Å²) in [6.07, 6.45) is 0.903. The average molecular weight is 250 g/mol. The summed E-state index contributed by atoms with van der Waals surface area (Å²) in [5.74, 6) is 0.189. The summed E-state index contributed by atoms with van der Waals surface area (Å²) in [6.45, 7) is 10.0. The normalized spacial score (nSPS) is 12.6. The van der Waals surface area contributed by atoms with Crippen LogP contribution in [0.4, 0.5) is 0 Å². The van der Waals surface area contributed by atoms with Gasteiger partial charge in [-0.3, -0.25) is 4.79 Å². The fourth-order valence-electron chi connectivity index (χ4n) is 1.71. The number of ketones is 1. The Hall–Kier alpha value is -0.760. The van der Waals surface area contributed by atoms with Crippen molar-refractivity contribution in [3.05, 3.63) is 35.4 Å². The van der Waals surface area contributed by atoms with Crippen molar-refractivity contribution < 1.29 is 4.79 Å². The fraction of sp³-hybridized carbons (Fsp3) is 0.533. The molecule has 1 rings (SSSR count). The standard InChI is InChI=1S/C15H22OS/c1-14(2,3)13(16)12-8-6-11(7-9-12)10-15(4,5)17/h6-9,17H,10H2,1-5H3. The van der Waals surface area contributed by atoms with Gasteiger partial charge in [-0.2, -0.15) is 12.6 Å². The molecule has 1 nitrogen and oxygen atoms in total. The molecule has 0 saturated heterocycles. The van der Waals surface area contributed by atoms with Gasteiger partial charge in [-0.1, -0.05) is 58.9 Å². The summed E-state index contributed by atoms with van der Waals surface area (Å²) >= 11 is 4.51. The van der Waals surface area contributed by atoms with E-state index < -0.39 is 0 Å². The summed E-state index contributed by atoms with van der Waals surface area (Å²) in [5.41, 5.74) is 1.69. The van der Waals surface area contributed by atoms with Crippen LogP contribution in [0, 0.1) is 5.41 Å². The first-order chi connectivity index (χ1) is 7.59. The fourth-order valence-corrected chi connectivity index (χ4v) is 1.89. The molecule has 0 atom stereocenters. The van der Waals surface area contributed by atoms with Gasteiger partial charge in [0, 0.05) is 15.7 Å². The monoisotopic (exact) mass is 250 g/mol. The van der Waals surface area contributed by atoms with Crippen molar-refractivity contribution in [2.24, 2.45) is 5.41 Å². The van der Waals surface area contributed by atoms with Crippen molar-refractivity contribution in [3.63, 3.8) is 0 Å². The summed E-state index contributed by atoms with van der Waals surface area (Å²) in [7, 11) is 0. The molecule has 0 amide bonds. The van der Waals surface area contributed by atoms with Gasteiger partial charge in [0.25, 0.3) is 0 Å². The van der Waals surface area contributed by atoms with Crippen LogP contribution in [0.2, 0.25) is 0 Å². The van der Waals surface area contributed by atoms with Gasteiger partial charge in [0.15, 0.2) is 5.78 Å². The highest BCUT2D eigenvalue weighted by molar-refractivity contribution is 7.81. The average Bonchev–Trinajstić information content (AvgIpc) is 2.14. The highest BCUT2D eigenvalue weighted by Gasteiger charge is 2.22. The zero-order valence-electron chi connectivity index (χ0n) is 11.4. The topological polar surface area (TPSA) is 17.1 Å². The van der Waals surface area contributed by atoms with Gasteiger partial charge >= 0.3 is 0 Å². The van der Waals surface area contributed by atoms with Crippen molar-refractivity contribution in [1.82, 2.24) is 0 Å². The Bertz CT molecular complexity index is 390. The summed E-state index contributed by atoms with van der Waals surface area (Å²) < 4.78 is -0.0183. The Morgan fingerprint density at radius 2 is 1.53 bits per heavy atom. The van der Waals surface area contributed by atoms with E-state index in [0.29, 0.717) is 0 Å². The first-order valence-electron chi connectivity index (χ1n) is 5.96. The van der Waals surface area contributed by atoms with Gasteiger partial charge < -0.3 is 0 Å². The number of rotatable bonds is 3. The molecule has 0 fully saturated rings. The number of thiol groups is 1. The lowest BCUT2D eigenvalue weighted by molar-refractivity contribution is 0.0858. The van der Waals surface area contributed by atoms with Crippen LogP contribution >= 0.6 is 12.6 Å². The van der Waals surface area contributed by atoms with E-state index in [2.05, 4.69) is 26.5 Å². The van der Waals surface area contributed by atoms with Crippen molar-refractivity contribution in [3.8, 4) is 0 Å². The molecule has 0 aromatic heterocycles. The van der Waals surface area contributed by atoms with E-state index in [4.69, 9.17) is 0 Å². The molecule has 0 bridgehead atoms. The van der Waals surface area contributed by atoms with Gasteiger partial charge in [-0.05, 0) is 12.0 Å². The Morgan fingerprint density at radius 3 is 1.88 bits per heavy atom. The highest BCUT2D eigenvalue weighted by Crippen LogP contribution is 2.23. The third kappa shape index (κ3) is 4.55. The lowest BCUT2D eigenvalue weighted by Crippen LogP contribution is -2.20. The first kappa shape index (κ1) is 14.3. The molecule has 0 unspecified atom stereocenters. The van der Waals surface area contributed by atoms with Crippen LogP contribution in [-0.2, 0) is 6.42 Å². The molecule has 0 saturated carbocycles. The highest BCUT2D eigenvalue weighted by atomic mass is 32.1. The molecular formula is C15H22OS. The van der Waals surface area contributed by atoms with Gasteiger partial charge in [0.2, 0.25) is 0 Å². The van der Waals surface area contributed by atoms with Crippen LogP contribution in [0.5, 0.6) is 0 Å². The molecule has 0 spiro atoms. The van der Waals surface area contributed by atoms with E-state index >= 15 is 0 Å². The molecule has 2 heteroatoms. The van der Waals surface area contributed by atoms with Crippen molar-refractivity contribution in [1.29, 1.82) is 0 Å². The van der Waals surface area contributed by atoms with Crippen LogP contribution in [0.1, 0.15) is 50.5 Å². The first-order valence-corrected chi connectivity index (χ1v) is 6.40. The van der Waals surface area contributed by atoms with Crippen molar-refractivity contribution >= 4 is 18.4 Å².